The van der Waals surface area contributed by atoms with Crippen LogP contribution in [0.1, 0.15) is 0 Å². The maximum absolute atomic E-state index is 10.5. The predicted octanol–water partition coefficient (Wildman–Crippen LogP) is 2.67. The Kier molecular flexibility index (Phi) is 15.4. The molecule has 0 aliphatic heterocycles. The van der Waals surface area contributed by atoms with E-state index in [0.29, 0.717) is 0 Å². The molecule has 17 heteroatoms. The second-order valence-electron chi connectivity index (χ2n) is 7.02. The summed E-state index contributed by atoms with van der Waals surface area (Å²) in [6, 6.07) is 19.6. The zero-order valence-corrected chi connectivity index (χ0v) is 22.0. The second kappa shape index (κ2) is 17.8. The average Bonchev–Trinajstić information content (AvgIpc) is 2.90. The first-order valence-electron chi connectivity index (χ1n) is 10.5. The van der Waals surface area contributed by atoms with Crippen molar-refractivity contribution < 1.29 is 61.8 Å². The Morgan fingerprint density at radius 2 is 0.537 bits per heavy atom. The van der Waals surface area contributed by atoms with E-state index in [4.69, 9.17) is 0 Å². The molecule has 0 unspecified atom stereocenters. The van der Waals surface area contributed by atoms with Gasteiger partial charge in [-0.2, -0.15) is 0 Å². The largest absolute Gasteiger partial charge is 4.00 e. The molecule has 0 amide bonds. The van der Waals surface area contributed by atoms with E-state index in [9.17, 15) is 60.9 Å². The van der Waals surface area contributed by atoms with E-state index in [1.54, 1.807) is 0 Å². The van der Waals surface area contributed by atoms with Gasteiger partial charge in [0.25, 0.3) is 22.7 Å². The number of benzene rings is 4. The molecule has 4 rings (SSSR count). The van der Waals surface area contributed by atoms with Gasteiger partial charge in [-0.05, 0) is 0 Å². The predicted molar refractivity (Wildman–Crippen MR) is 130 cm³/mol. The molecule has 0 saturated carbocycles. The van der Waals surface area contributed by atoms with Gasteiger partial charge in [0.05, 0.1) is 19.7 Å². The molecule has 0 saturated heterocycles. The summed E-state index contributed by atoms with van der Waals surface area (Å²) >= 11 is 0. The number of non-ortho nitro benzene ring substituents is 4. The number of hydrogen-bond acceptors (Lipinski definition) is 12. The summed E-state index contributed by atoms with van der Waals surface area (Å²) in [5, 5.41) is 82.0. The number of nitrogens with zero attached hydrogens (tertiary/aromatic N) is 4. The SMILES string of the molecule is O=[N+]([O-])c1cccc([O-])c1.O=[N+]([O-])c1cccc([O-])c1.O=[N+]([O-])c1cccc([O-])c1.O=[N+]([O-])c1cccc([O-])c1.[Ti+4]. The maximum Gasteiger partial charge on any atom is 4.00 e. The van der Waals surface area contributed by atoms with Crippen molar-refractivity contribution in [2.75, 3.05) is 0 Å². The standard InChI is InChI=1S/4C6H5NO3.Ti/c4*8-6-3-1-2-5(4-6)7(9)10;/h4*1-4,8H;/q;;;;+4/p-4. The minimum Gasteiger partial charge on any atom is -0.872 e. The summed E-state index contributed by atoms with van der Waals surface area (Å²) in [5.41, 5.74) is -0.639. The van der Waals surface area contributed by atoms with Gasteiger partial charge >= 0.3 is 21.7 Å². The molecule has 0 heterocycles. The fourth-order valence-electron chi connectivity index (χ4n) is 2.39. The summed E-state index contributed by atoms with van der Waals surface area (Å²) in [5.74, 6) is -1.35. The van der Waals surface area contributed by atoms with Crippen molar-refractivity contribution in [1.29, 1.82) is 0 Å². The molecule has 0 fully saturated rings. The zero-order valence-electron chi connectivity index (χ0n) is 20.4. The van der Waals surface area contributed by atoms with Crippen molar-refractivity contribution in [2.24, 2.45) is 0 Å². The van der Waals surface area contributed by atoms with Crippen molar-refractivity contribution in [1.82, 2.24) is 0 Å². The Labute approximate surface area is 244 Å². The van der Waals surface area contributed by atoms with Crippen molar-refractivity contribution in [3.63, 3.8) is 0 Å². The summed E-state index contributed by atoms with van der Waals surface area (Å²) in [6.45, 7) is 0. The van der Waals surface area contributed by atoms with Crippen LogP contribution < -0.4 is 20.4 Å². The van der Waals surface area contributed by atoms with Gasteiger partial charge in [0, 0.05) is 48.5 Å². The average molecular weight is 600 g/mol. The molecule has 0 bridgehead atoms. The molecule has 41 heavy (non-hydrogen) atoms. The molecular formula is C24H16N4O12Ti. The van der Waals surface area contributed by atoms with E-state index in [0.717, 1.165) is 24.3 Å². The van der Waals surface area contributed by atoms with Gasteiger partial charge < -0.3 is 20.4 Å². The van der Waals surface area contributed by atoms with Gasteiger partial charge in [-0.1, -0.05) is 48.5 Å². The van der Waals surface area contributed by atoms with Crippen LogP contribution in [0.15, 0.2) is 97.1 Å². The van der Waals surface area contributed by atoms with Crippen LogP contribution in [0.25, 0.3) is 0 Å². The molecule has 0 spiro atoms. The fourth-order valence-corrected chi connectivity index (χ4v) is 2.39. The molecule has 0 N–H and O–H groups in total. The van der Waals surface area contributed by atoms with Crippen LogP contribution in [-0.4, -0.2) is 19.7 Å². The quantitative estimate of drug-likeness (QED) is 0.186. The third-order valence-electron chi connectivity index (χ3n) is 4.11. The fraction of sp³-hybridized carbons (Fsp3) is 0. The van der Waals surface area contributed by atoms with E-state index in [2.05, 4.69) is 0 Å². The van der Waals surface area contributed by atoms with Crippen LogP contribution in [0.3, 0.4) is 0 Å². The molecule has 208 valence electrons. The van der Waals surface area contributed by atoms with Crippen molar-refractivity contribution in [3.05, 3.63) is 138 Å². The minimum atomic E-state index is -0.596. The van der Waals surface area contributed by atoms with Crippen LogP contribution in [0.5, 0.6) is 23.0 Å². The molecule has 4 aromatic carbocycles. The van der Waals surface area contributed by atoms with E-state index < -0.39 is 19.7 Å². The number of nitro groups is 4. The smallest absolute Gasteiger partial charge is 0.872 e. The van der Waals surface area contributed by atoms with Gasteiger partial charge in [0.1, 0.15) is 0 Å². The van der Waals surface area contributed by atoms with Gasteiger partial charge in [0.15, 0.2) is 0 Å². The molecule has 16 nitrogen and oxygen atoms in total. The Bertz CT molecular complexity index is 1260. The number of nitro benzene ring substituents is 4. The van der Waals surface area contributed by atoms with Gasteiger partial charge in [-0.15, -0.1) is 23.0 Å². The molecule has 4 aromatic rings. The van der Waals surface area contributed by atoms with Crippen LogP contribution in [0, 0.1) is 40.5 Å². The van der Waals surface area contributed by atoms with Crippen LogP contribution in [-0.2, 0) is 21.7 Å². The Morgan fingerprint density at radius 3 is 0.634 bits per heavy atom. The number of rotatable bonds is 4. The Balaban J connectivity index is 0.000000516. The first-order chi connectivity index (χ1) is 18.8. The summed E-state index contributed by atoms with van der Waals surface area (Å²) in [4.78, 5) is 37.7. The Hall–Kier alpha value is -5.61. The van der Waals surface area contributed by atoms with E-state index in [1.165, 1.54) is 72.8 Å². The maximum atomic E-state index is 10.5. The second-order valence-corrected chi connectivity index (χ2v) is 7.02. The van der Waals surface area contributed by atoms with Gasteiger partial charge in [0.2, 0.25) is 0 Å². The minimum absolute atomic E-state index is 0. The van der Waals surface area contributed by atoms with Gasteiger partial charge in [-0.25, -0.2) is 0 Å². The van der Waals surface area contributed by atoms with E-state index in [1.807, 2.05) is 0 Å². The van der Waals surface area contributed by atoms with Crippen LogP contribution >= 0.6 is 0 Å². The topological polar surface area (TPSA) is 265 Å². The summed E-state index contributed by atoms with van der Waals surface area (Å²) < 4.78 is 0. The van der Waals surface area contributed by atoms with Gasteiger partial charge in [-0.3, -0.25) is 40.5 Å². The molecule has 0 aliphatic rings. The van der Waals surface area contributed by atoms with Crippen molar-refractivity contribution >= 4 is 22.7 Å². The van der Waals surface area contributed by atoms with Crippen molar-refractivity contribution in [3.8, 4) is 23.0 Å². The first-order valence-corrected chi connectivity index (χ1v) is 10.5. The van der Waals surface area contributed by atoms with Crippen molar-refractivity contribution in [2.45, 2.75) is 0 Å². The van der Waals surface area contributed by atoms with E-state index >= 15 is 0 Å². The zero-order chi connectivity index (χ0) is 30.2. The normalized spacial score (nSPS) is 8.98. The van der Waals surface area contributed by atoms with Crippen LogP contribution in [0.2, 0.25) is 0 Å². The molecule has 0 aromatic heterocycles. The third-order valence-corrected chi connectivity index (χ3v) is 4.11. The number of hydrogen-bond donors (Lipinski definition) is 0. The summed E-state index contributed by atoms with van der Waals surface area (Å²) in [6.07, 6.45) is 0. The molecule has 0 atom stereocenters. The third kappa shape index (κ3) is 14.2. The first kappa shape index (κ1) is 35.4. The summed E-state index contributed by atoms with van der Waals surface area (Å²) in [7, 11) is 0. The molecule has 0 aliphatic carbocycles. The Morgan fingerprint density at radius 1 is 0.366 bits per heavy atom. The molecular weight excluding hydrogens is 584 g/mol. The molecule has 0 radical (unpaired) electrons. The monoisotopic (exact) mass is 600 g/mol. The van der Waals surface area contributed by atoms with E-state index in [-0.39, 0.29) is 67.5 Å². The van der Waals surface area contributed by atoms with Crippen LogP contribution in [0.4, 0.5) is 22.7 Å².